The molecule has 3 aromatic rings. The Morgan fingerprint density at radius 2 is 1.94 bits per heavy atom. The van der Waals surface area contributed by atoms with Gasteiger partial charge in [0.15, 0.2) is 0 Å². The number of halogens is 1. The summed E-state index contributed by atoms with van der Waals surface area (Å²) in [7, 11) is 0. The van der Waals surface area contributed by atoms with Crippen LogP contribution < -0.4 is 0 Å². The summed E-state index contributed by atoms with van der Waals surface area (Å²) in [5, 5.41) is 1.47. The van der Waals surface area contributed by atoms with Crippen LogP contribution in [0.1, 0.15) is 35.3 Å². The highest BCUT2D eigenvalue weighted by Gasteiger charge is 2.46. The van der Waals surface area contributed by atoms with Crippen molar-refractivity contribution in [2.24, 2.45) is 0 Å². The third-order valence-corrected chi connectivity index (χ3v) is 6.61. The molecule has 2 amide bonds. The van der Waals surface area contributed by atoms with Gasteiger partial charge >= 0.3 is 6.09 Å². The van der Waals surface area contributed by atoms with E-state index in [1.807, 2.05) is 59.5 Å². The molecule has 3 heterocycles. The van der Waals surface area contributed by atoms with E-state index in [2.05, 4.69) is 4.98 Å². The molecule has 1 atom stereocenters. The van der Waals surface area contributed by atoms with Gasteiger partial charge in [0, 0.05) is 42.0 Å². The first-order valence-corrected chi connectivity index (χ1v) is 11.0. The van der Waals surface area contributed by atoms with Gasteiger partial charge in [-0.3, -0.25) is 9.69 Å². The Kier molecular flexibility index (Phi) is 5.10. The van der Waals surface area contributed by atoms with Crippen LogP contribution in [-0.2, 0) is 11.3 Å². The first-order valence-electron chi connectivity index (χ1n) is 10.6. The maximum atomic E-state index is 13.1. The number of fused-ring (bicyclic) bond motifs is 1. The molecule has 7 heteroatoms. The average Bonchev–Trinajstić information content (AvgIpc) is 3.26. The predicted molar refractivity (Wildman–Crippen MR) is 119 cm³/mol. The summed E-state index contributed by atoms with van der Waals surface area (Å²) in [6.45, 7) is 2.29. The zero-order valence-corrected chi connectivity index (χ0v) is 17.9. The number of rotatable bonds is 3. The molecule has 6 nitrogen and oxygen atoms in total. The molecule has 1 spiro atoms. The number of hydrogen-bond acceptors (Lipinski definition) is 3. The number of aromatic nitrogens is 1. The van der Waals surface area contributed by atoms with Crippen molar-refractivity contribution in [1.29, 1.82) is 0 Å². The van der Waals surface area contributed by atoms with Gasteiger partial charge < -0.3 is 14.6 Å². The van der Waals surface area contributed by atoms with Crippen molar-refractivity contribution in [2.45, 2.75) is 31.4 Å². The Bertz CT molecular complexity index is 1130. The molecule has 1 aromatic heterocycles. The third-order valence-electron chi connectivity index (χ3n) is 6.28. The van der Waals surface area contributed by atoms with Crippen LogP contribution in [-0.4, -0.2) is 52.0 Å². The zero-order valence-electron chi connectivity index (χ0n) is 17.1. The van der Waals surface area contributed by atoms with E-state index in [1.165, 1.54) is 0 Å². The van der Waals surface area contributed by atoms with Gasteiger partial charge in [-0.15, -0.1) is 0 Å². The Balaban J connectivity index is 1.28. The summed E-state index contributed by atoms with van der Waals surface area (Å²) in [4.78, 5) is 32.5. The number of amides is 2. The van der Waals surface area contributed by atoms with E-state index in [4.69, 9.17) is 16.3 Å². The molecule has 2 aliphatic rings. The highest BCUT2D eigenvalue weighted by atomic mass is 35.5. The number of H-pyrrole nitrogens is 1. The minimum Gasteiger partial charge on any atom is -0.441 e. The standard InChI is InChI=1S/C24H24ClN3O3/c25-19-8-4-9-20-18(19)14-21(26-20)22(29)27-12-5-10-24(11-13-27)16-28(23(30)31-24)15-17-6-2-1-3-7-17/h1-4,6-9,14,26H,5,10-13,15-16H2. The Morgan fingerprint density at radius 3 is 2.74 bits per heavy atom. The molecule has 0 aliphatic carbocycles. The van der Waals surface area contributed by atoms with E-state index < -0.39 is 5.60 Å². The van der Waals surface area contributed by atoms with Gasteiger partial charge in [0.2, 0.25) is 0 Å². The lowest BCUT2D eigenvalue weighted by molar-refractivity contribution is 0.0438. The second kappa shape index (κ2) is 7.93. The first-order chi connectivity index (χ1) is 15.0. The zero-order chi connectivity index (χ0) is 21.4. The SMILES string of the molecule is O=C1OC2(CCCN(C(=O)c3cc4c(Cl)cccc4[nH]3)CC2)CN1Cc1ccccc1. The molecule has 2 aromatic carbocycles. The van der Waals surface area contributed by atoms with Crippen molar-refractivity contribution in [3.05, 3.63) is 70.9 Å². The molecule has 5 rings (SSSR count). The van der Waals surface area contributed by atoms with Crippen molar-refractivity contribution < 1.29 is 14.3 Å². The van der Waals surface area contributed by atoms with Gasteiger partial charge in [0.05, 0.1) is 6.54 Å². The number of ether oxygens (including phenoxy) is 1. The quantitative estimate of drug-likeness (QED) is 0.637. The number of nitrogens with zero attached hydrogens (tertiary/aromatic N) is 2. The molecule has 2 aliphatic heterocycles. The number of hydrogen-bond donors (Lipinski definition) is 1. The van der Waals surface area contributed by atoms with E-state index >= 15 is 0 Å². The van der Waals surface area contributed by atoms with Crippen molar-refractivity contribution in [1.82, 2.24) is 14.8 Å². The van der Waals surface area contributed by atoms with Gasteiger partial charge in [-0.1, -0.05) is 48.0 Å². The number of benzene rings is 2. The maximum absolute atomic E-state index is 13.1. The minimum atomic E-state index is -0.523. The molecule has 2 saturated heterocycles. The van der Waals surface area contributed by atoms with Crippen molar-refractivity contribution >= 4 is 34.5 Å². The topological polar surface area (TPSA) is 65.6 Å². The van der Waals surface area contributed by atoms with E-state index in [0.717, 1.165) is 29.3 Å². The molecule has 160 valence electrons. The van der Waals surface area contributed by atoms with E-state index in [1.54, 1.807) is 4.90 Å². The third kappa shape index (κ3) is 3.88. The Morgan fingerprint density at radius 1 is 1.10 bits per heavy atom. The fourth-order valence-corrected chi connectivity index (χ4v) is 4.88. The molecular formula is C24H24ClN3O3. The van der Waals surface area contributed by atoms with Crippen LogP contribution in [0.2, 0.25) is 5.02 Å². The summed E-state index contributed by atoms with van der Waals surface area (Å²) in [5.74, 6) is -0.0465. The fraction of sp³-hybridized carbons (Fsp3) is 0.333. The molecule has 2 fully saturated rings. The van der Waals surface area contributed by atoms with Crippen LogP contribution in [0.25, 0.3) is 10.9 Å². The summed E-state index contributed by atoms with van der Waals surface area (Å²) in [5.41, 5.74) is 1.95. The molecule has 0 radical (unpaired) electrons. The summed E-state index contributed by atoms with van der Waals surface area (Å²) in [6.07, 6.45) is 1.91. The lowest BCUT2D eigenvalue weighted by Gasteiger charge is -2.25. The Labute approximate surface area is 185 Å². The summed E-state index contributed by atoms with van der Waals surface area (Å²) >= 11 is 6.26. The smallest absolute Gasteiger partial charge is 0.410 e. The lowest BCUT2D eigenvalue weighted by atomic mass is 9.95. The van der Waals surface area contributed by atoms with Gasteiger partial charge in [0.25, 0.3) is 5.91 Å². The number of aromatic amines is 1. The highest BCUT2D eigenvalue weighted by Crippen LogP contribution is 2.34. The number of carbonyl (C=O) groups is 2. The van der Waals surface area contributed by atoms with Crippen LogP contribution >= 0.6 is 11.6 Å². The Hall–Kier alpha value is -2.99. The van der Waals surface area contributed by atoms with Crippen LogP contribution in [0.3, 0.4) is 0 Å². The van der Waals surface area contributed by atoms with Crippen LogP contribution in [0.5, 0.6) is 0 Å². The molecule has 1 N–H and O–H groups in total. The molecule has 1 unspecified atom stereocenters. The second-order valence-corrected chi connectivity index (χ2v) is 8.83. The monoisotopic (exact) mass is 437 g/mol. The maximum Gasteiger partial charge on any atom is 0.410 e. The lowest BCUT2D eigenvalue weighted by Crippen LogP contribution is -2.37. The van der Waals surface area contributed by atoms with E-state index in [-0.39, 0.29) is 12.0 Å². The summed E-state index contributed by atoms with van der Waals surface area (Å²) in [6, 6.07) is 17.3. The fourth-order valence-electron chi connectivity index (χ4n) is 4.65. The van der Waals surface area contributed by atoms with Crippen LogP contribution in [0, 0.1) is 0 Å². The largest absolute Gasteiger partial charge is 0.441 e. The van der Waals surface area contributed by atoms with E-state index in [0.29, 0.717) is 43.3 Å². The van der Waals surface area contributed by atoms with Crippen molar-refractivity contribution in [3.8, 4) is 0 Å². The number of carbonyl (C=O) groups excluding carboxylic acids is 2. The van der Waals surface area contributed by atoms with E-state index in [9.17, 15) is 9.59 Å². The average molecular weight is 438 g/mol. The second-order valence-electron chi connectivity index (χ2n) is 8.42. The summed E-state index contributed by atoms with van der Waals surface area (Å²) < 4.78 is 5.88. The van der Waals surface area contributed by atoms with Gasteiger partial charge in [0.1, 0.15) is 11.3 Å². The first kappa shape index (κ1) is 19.9. The van der Waals surface area contributed by atoms with Crippen molar-refractivity contribution in [3.63, 3.8) is 0 Å². The van der Waals surface area contributed by atoms with Crippen LogP contribution in [0.15, 0.2) is 54.6 Å². The van der Waals surface area contributed by atoms with Gasteiger partial charge in [-0.05, 0) is 36.6 Å². The molecule has 0 saturated carbocycles. The number of nitrogens with one attached hydrogen (secondary N) is 1. The molecular weight excluding hydrogens is 414 g/mol. The highest BCUT2D eigenvalue weighted by molar-refractivity contribution is 6.35. The minimum absolute atomic E-state index is 0.0465. The normalized spacial score (nSPS) is 21.5. The number of likely N-dealkylation sites (tertiary alicyclic amines) is 1. The van der Waals surface area contributed by atoms with Gasteiger partial charge in [-0.25, -0.2) is 4.79 Å². The predicted octanol–water partition coefficient (Wildman–Crippen LogP) is 4.84. The molecule has 0 bridgehead atoms. The molecule has 31 heavy (non-hydrogen) atoms. The van der Waals surface area contributed by atoms with Crippen molar-refractivity contribution in [2.75, 3.05) is 19.6 Å². The van der Waals surface area contributed by atoms with Gasteiger partial charge in [-0.2, -0.15) is 0 Å². The van der Waals surface area contributed by atoms with Crippen LogP contribution in [0.4, 0.5) is 4.79 Å².